The summed E-state index contributed by atoms with van der Waals surface area (Å²) in [6, 6.07) is 9.82. The Labute approximate surface area is 225 Å². The maximum atomic E-state index is 11.4. The average molecular weight is 572 g/mol. The number of carboxylic acid groups (broad SMARTS) is 1. The van der Waals surface area contributed by atoms with E-state index in [-0.39, 0.29) is 18.0 Å². The Kier molecular flexibility index (Phi) is 9.27. The summed E-state index contributed by atoms with van der Waals surface area (Å²) in [5.74, 6) is -1.62. The van der Waals surface area contributed by atoms with Gasteiger partial charge in [0.05, 0.1) is 29.9 Å². The lowest BCUT2D eigenvalue weighted by atomic mass is 10.2. The molecular weight excluding hydrogens is 554 g/mol. The van der Waals surface area contributed by atoms with Gasteiger partial charge in [-0.1, -0.05) is 63.8 Å². The zero-order valence-electron chi connectivity index (χ0n) is 18.8. The fourth-order valence-corrected chi connectivity index (χ4v) is 4.04. The van der Waals surface area contributed by atoms with E-state index >= 15 is 0 Å². The van der Waals surface area contributed by atoms with Crippen LogP contribution in [0.25, 0.3) is 11.4 Å². The van der Waals surface area contributed by atoms with Gasteiger partial charge in [-0.2, -0.15) is 0 Å². The number of benzene rings is 2. The first kappa shape index (κ1) is 27.4. The molecule has 0 bridgehead atoms. The minimum absolute atomic E-state index is 0.0615. The standard InChI is InChI=1S/2C11H9Cl2N3O2/c1-2-18-11(17)10-6-16(15-14-10)9-4-7(12)3-8(13)5-9;1-2-9-10(11(17)18)14-15-16(9)8-4-6(12)3-7(13)5-8/h3-6H,2H2,1H3;3-5H,2H2,1H3,(H,17,18). The summed E-state index contributed by atoms with van der Waals surface area (Å²) in [7, 11) is 0. The number of esters is 1. The summed E-state index contributed by atoms with van der Waals surface area (Å²) in [6.45, 7) is 3.83. The largest absolute Gasteiger partial charge is 0.476 e. The van der Waals surface area contributed by atoms with Crippen LogP contribution < -0.4 is 0 Å². The van der Waals surface area contributed by atoms with Gasteiger partial charge in [0.2, 0.25) is 0 Å². The van der Waals surface area contributed by atoms with Crippen LogP contribution in [0.15, 0.2) is 42.6 Å². The highest BCUT2D eigenvalue weighted by Gasteiger charge is 2.18. The first-order valence-corrected chi connectivity index (χ1v) is 11.8. The fraction of sp³-hybridized carbons (Fsp3) is 0.182. The second-order valence-corrected chi connectivity index (χ2v) is 8.73. The van der Waals surface area contributed by atoms with Gasteiger partial charge in [-0.25, -0.2) is 19.0 Å². The van der Waals surface area contributed by atoms with E-state index in [4.69, 9.17) is 56.2 Å². The topological polar surface area (TPSA) is 125 Å². The molecule has 36 heavy (non-hydrogen) atoms. The van der Waals surface area contributed by atoms with E-state index in [0.29, 0.717) is 43.6 Å². The molecule has 0 aliphatic carbocycles. The van der Waals surface area contributed by atoms with Gasteiger partial charge >= 0.3 is 11.9 Å². The molecule has 2 aromatic heterocycles. The highest BCUT2D eigenvalue weighted by molar-refractivity contribution is 6.35. The number of nitrogens with zero attached hydrogens (tertiary/aromatic N) is 6. The predicted octanol–water partition coefficient (Wildman–Crippen LogP) is 5.59. The Morgan fingerprint density at radius 1 is 0.861 bits per heavy atom. The quantitative estimate of drug-likeness (QED) is 0.297. The molecule has 14 heteroatoms. The molecule has 0 aliphatic heterocycles. The summed E-state index contributed by atoms with van der Waals surface area (Å²) in [5.41, 5.74) is 1.78. The Morgan fingerprint density at radius 3 is 1.92 bits per heavy atom. The molecule has 188 valence electrons. The van der Waals surface area contributed by atoms with Crippen LogP contribution in [-0.2, 0) is 11.2 Å². The molecular formula is C22H18Cl4N6O4. The van der Waals surface area contributed by atoms with E-state index in [1.165, 1.54) is 15.6 Å². The smallest absolute Gasteiger partial charge is 0.360 e. The lowest BCUT2D eigenvalue weighted by Gasteiger charge is -2.06. The molecule has 0 radical (unpaired) electrons. The van der Waals surface area contributed by atoms with E-state index in [0.717, 1.165) is 0 Å². The van der Waals surface area contributed by atoms with Crippen molar-refractivity contribution >= 4 is 58.3 Å². The number of carboxylic acids is 1. The molecule has 0 spiro atoms. The molecule has 4 aromatic rings. The van der Waals surface area contributed by atoms with E-state index in [9.17, 15) is 9.59 Å². The van der Waals surface area contributed by atoms with Crippen LogP contribution in [0.1, 0.15) is 40.5 Å². The Balaban J connectivity index is 0.000000201. The Hall–Kier alpha value is -3.18. The van der Waals surface area contributed by atoms with E-state index in [2.05, 4.69) is 20.6 Å². The monoisotopic (exact) mass is 570 g/mol. The molecule has 0 aliphatic rings. The molecule has 0 fully saturated rings. The molecule has 0 unspecified atom stereocenters. The molecule has 2 aromatic carbocycles. The number of ether oxygens (including phenoxy) is 1. The molecule has 0 atom stereocenters. The van der Waals surface area contributed by atoms with Crippen molar-refractivity contribution in [1.82, 2.24) is 30.0 Å². The summed E-state index contributed by atoms with van der Waals surface area (Å²) < 4.78 is 7.66. The van der Waals surface area contributed by atoms with Gasteiger partial charge in [0.1, 0.15) is 0 Å². The Bertz CT molecular complexity index is 1360. The number of carbonyl (C=O) groups is 2. The van der Waals surface area contributed by atoms with Gasteiger partial charge < -0.3 is 9.84 Å². The van der Waals surface area contributed by atoms with Crippen molar-refractivity contribution in [3.05, 3.63) is 79.8 Å². The van der Waals surface area contributed by atoms with Crippen LogP contribution in [0.5, 0.6) is 0 Å². The van der Waals surface area contributed by atoms with Crippen molar-refractivity contribution in [2.75, 3.05) is 6.61 Å². The highest BCUT2D eigenvalue weighted by Crippen LogP contribution is 2.23. The molecule has 0 saturated heterocycles. The highest BCUT2D eigenvalue weighted by atomic mass is 35.5. The molecule has 0 amide bonds. The number of hydrogen-bond donors (Lipinski definition) is 1. The average Bonchev–Trinajstić information content (AvgIpc) is 3.46. The maximum Gasteiger partial charge on any atom is 0.360 e. The van der Waals surface area contributed by atoms with Gasteiger partial charge in [-0.15, -0.1) is 10.2 Å². The predicted molar refractivity (Wildman–Crippen MR) is 135 cm³/mol. The zero-order chi connectivity index (χ0) is 26.4. The first-order chi connectivity index (χ1) is 17.1. The second kappa shape index (κ2) is 12.2. The fourth-order valence-electron chi connectivity index (χ4n) is 3.01. The minimum Gasteiger partial charge on any atom is -0.476 e. The zero-order valence-corrected chi connectivity index (χ0v) is 21.8. The van der Waals surface area contributed by atoms with Crippen LogP contribution in [0.4, 0.5) is 0 Å². The Morgan fingerprint density at radius 2 is 1.42 bits per heavy atom. The first-order valence-electron chi connectivity index (χ1n) is 10.3. The summed E-state index contributed by atoms with van der Waals surface area (Å²) >= 11 is 23.6. The number of carbonyl (C=O) groups excluding carboxylic acids is 1. The van der Waals surface area contributed by atoms with Gasteiger partial charge in [-0.3, -0.25) is 0 Å². The molecule has 10 nitrogen and oxygen atoms in total. The third-order valence-corrected chi connectivity index (χ3v) is 5.36. The van der Waals surface area contributed by atoms with Crippen LogP contribution >= 0.6 is 46.4 Å². The molecule has 2 heterocycles. The number of halogens is 4. The molecule has 1 N–H and O–H groups in total. The maximum absolute atomic E-state index is 11.4. The summed E-state index contributed by atoms with van der Waals surface area (Å²) in [6.07, 6.45) is 1.94. The van der Waals surface area contributed by atoms with Gasteiger partial charge in [0.15, 0.2) is 11.4 Å². The SMILES string of the molecule is CCOC(=O)c1cn(-c2cc(Cl)cc(Cl)c2)nn1.CCc1c(C(=O)O)nnn1-c1cc(Cl)cc(Cl)c1. The third-order valence-electron chi connectivity index (χ3n) is 4.48. The van der Waals surface area contributed by atoms with Crippen molar-refractivity contribution in [3.63, 3.8) is 0 Å². The van der Waals surface area contributed by atoms with Crippen LogP contribution in [0.2, 0.25) is 20.1 Å². The van der Waals surface area contributed by atoms with E-state index in [1.54, 1.807) is 43.3 Å². The van der Waals surface area contributed by atoms with Gasteiger partial charge in [-0.05, 0) is 49.7 Å². The van der Waals surface area contributed by atoms with Crippen molar-refractivity contribution in [2.45, 2.75) is 20.3 Å². The normalized spacial score (nSPS) is 10.5. The van der Waals surface area contributed by atoms with Crippen molar-refractivity contribution in [2.24, 2.45) is 0 Å². The third kappa shape index (κ3) is 6.73. The lowest BCUT2D eigenvalue weighted by Crippen LogP contribution is -2.05. The van der Waals surface area contributed by atoms with Gasteiger partial charge in [0, 0.05) is 20.1 Å². The van der Waals surface area contributed by atoms with Crippen LogP contribution in [0, 0.1) is 0 Å². The van der Waals surface area contributed by atoms with Crippen LogP contribution in [0.3, 0.4) is 0 Å². The molecule has 0 saturated carbocycles. The van der Waals surface area contributed by atoms with Crippen LogP contribution in [-0.4, -0.2) is 53.6 Å². The number of aromatic carboxylic acids is 1. The van der Waals surface area contributed by atoms with Crippen molar-refractivity contribution in [1.29, 1.82) is 0 Å². The number of aromatic nitrogens is 6. The number of rotatable bonds is 6. The summed E-state index contributed by atoms with van der Waals surface area (Å²) in [4.78, 5) is 22.4. The van der Waals surface area contributed by atoms with Crippen molar-refractivity contribution < 1.29 is 19.4 Å². The van der Waals surface area contributed by atoms with Crippen molar-refractivity contribution in [3.8, 4) is 11.4 Å². The number of hydrogen-bond acceptors (Lipinski definition) is 7. The second-order valence-electron chi connectivity index (χ2n) is 6.98. The van der Waals surface area contributed by atoms with E-state index in [1.807, 2.05) is 6.92 Å². The van der Waals surface area contributed by atoms with Gasteiger partial charge in [0.25, 0.3) is 0 Å². The van der Waals surface area contributed by atoms with E-state index < -0.39 is 11.9 Å². The minimum atomic E-state index is -1.11. The lowest BCUT2D eigenvalue weighted by molar-refractivity contribution is 0.0518. The molecule has 4 rings (SSSR count). The summed E-state index contributed by atoms with van der Waals surface area (Å²) in [5, 5.41) is 25.9.